The molecule has 1 aliphatic rings. The van der Waals surface area contributed by atoms with Crippen LogP contribution < -0.4 is 0 Å². The van der Waals surface area contributed by atoms with E-state index in [0.717, 1.165) is 13.2 Å². The average molecular weight is 120 g/mol. The van der Waals surface area contributed by atoms with Gasteiger partial charge in [0.2, 0.25) is 0 Å². The van der Waals surface area contributed by atoms with Crippen LogP contribution >= 0.6 is 0 Å². The van der Waals surface area contributed by atoms with Crippen LogP contribution in [-0.2, 0) is 17.3 Å². The van der Waals surface area contributed by atoms with Gasteiger partial charge in [-0.3, -0.25) is 0 Å². The molecule has 0 aromatic rings. The molecule has 1 aliphatic heterocycles. The Bertz CT molecular complexity index is 29.1. The molecule has 7 heavy (non-hydrogen) atoms. The van der Waals surface area contributed by atoms with Gasteiger partial charge in [0.05, 0.1) is 0 Å². The van der Waals surface area contributed by atoms with Gasteiger partial charge in [0.25, 0.3) is 0 Å². The third kappa shape index (κ3) is 3.82. The lowest BCUT2D eigenvalue weighted by Crippen LogP contribution is -1.74. The van der Waals surface area contributed by atoms with Gasteiger partial charge in [0.15, 0.2) is 12.5 Å². The van der Waals surface area contributed by atoms with Crippen LogP contribution in [0.3, 0.4) is 0 Å². The third-order valence-electron chi connectivity index (χ3n) is 0.827. The predicted molar refractivity (Wildman–Crippen MR) is 28.2 cm³/mol. The second kappa shape index (κ2) is 5.98. The van der Waals surface area contributed by atoms with Crippen LogP contribution in [0.25, 0.3) is 0 Å². The van der Waals surface area contributed by atoms with Crippen LogP contribution in [0.2, 0.25) is 0 Å². The first-order valence-corrected chi connectivity index (χ1v) is 2.58. The van der Waals surface area contributed by atoms with E-state index in [1.807, 2.05) is 0 Å². The fourth-order valence-corrected chi connectivity index (χ4v) is 0.510. The summed E-state index contributed by atoms with van der Waals surface area (Å²) in [6.45, 7) is 2.00. The van der Waals surface area contributed by atoms with E-state index in [9.17, 15) is 0 Å². The molecule has 1 heterocycles. The minimum Gasteiger partial charge on any atom is -0.381 e. The zero-order chi connectivity index (χ0) is 5.54. The van der Waals surface area contributed by atoms with Crippen molar-refractivity contribution in [3.63, 3.8) is 0 Å². The molecule has 0 N–H and O–H groups in total. The second-order valence-corrected chi connectivity index (χ2v) is 1.32. The molecule has 1 saturated heterocycles. The highest BCUT2D eigenvalue weighted by Gasteiger charge is 1.94. The Labute approximate surface area is 48.4 Å². The molecule has 0 radical (unpaired) electrons. The first-order chi connectivity index (χ1) is 3.50. The maximum atomic E-state index is 7.83. The fourth-order valence-electron chi connectivity index (χ4n) is 0.510. The van der Waals surface area contributed by atoms with Crippen molar-refractivity contribution in [1.82, 2.24) is 0 Å². The molecule has 2 nitrogen and oxygen atoms in total. The van der Waals surface area contributed by atoms with Crippen LogP contribution in [0.4, 0.5) is 0 Å². The van der Waals surface area contributed by atoms with Crippen LogP contribution in [-0.4, -0.2) is 17.4 Å². The van der Waals surface area contributed by atoms with Crippen LogP contribution in [0, 0.1) is 0 Å². The molecule has 0 saturated carbocycles. The third-order valence-corrected chi connectivity index (χ3v) is 0.827. The molecule has 0 atom stereocenters. The Hall–Kier alpha value is -0.0200. The topological polar surface area (TPSA) is 26.3 Å². The van der Waals surface area contributed by atoms with E-state index >= 15 is 0 Å². The number of ether oxygens (including phenoxy) is 1. The van der Waals surface area contributed by atoms with E-state index < -0.39 is 0 Å². The summed E-state index contributed by atoms with van der Waals surface area (Å²) in [6, 6.07) is 0. The normalized spacial score (nSPS) is 17.7. The van der Waals surface area contributed by atoms with Crippen molar-refractivity contribution in [3.05, 3.63) is 0 Å². The van der Waals surface area contributed by atoms with E-state index in [2.05, 4.69) is 12.5 Å². The smallest absolute Gasteiger partial charge is 0.197 e. The second-order valence-electron chi connectivity index (χ2n) is 1.32. The molecule has 0 bridgehead atoms. The molecule has 0 spiro atoms. The van der Waals surface area contributed by atoms with Crippen LogP contribution in [0.5, 0.6) is 0 Å². The molecule has 1 fully saturated rings. The van der Waals surface area contributed by atoms with Crippen LogP contribution in [0.1, 0.15) is 12.8 Å². The highest BCUT2D eigenvalue weighted by molar-refractivity contribution is 7.44. The summed E-state index contributed by atoms with van der Waals surface area (Å²) >= 11 is 2.83. The van der Waals surface area contributed by atoms with E-state index in [1.165, 1.54) is 12.8 Å². The lowest BCUT2D eigenvalue weighted by atomic mass is 10.4. The lowest BCUT2D eigenvalue weighted by Gasteiger charge is -1.76. The van der Waals surface area contributed by atoms with Gasteiger partial charge in [0.1, 0.15) is 0 Å². The number of hydrogen-bond donors (Lipinski definition) is 0. The molecule has 0 aromatic heterocycles. The molecule has 0 amide bonds. The number of hydrogen-bond acceptors (Lipinski definition) is 3. The Kier molecular flexibility index (Phi) is 5.96. The molecule has 0 unspecified atom stereocenters. The minimum absolute atomic E-state index is 1.00. The van der Waals surface area contributed by atoms with Gasteiger partial charge in [0, 0.05) is 13.2 Å². The van der Waals surface area contributed by atoms with E-state index in [-0.39, 0.29) is 0 Å². The minimum atomic E-state index is 1.00. The molecule has 0 aromatic carbocycles. The van der Waals surface area contributed by atoms with Gasteiger partial charge >= 0.3 is 0 Å². The molecular formula is C4H8O2S. The Morgan fingerprint density at radius 2 is 1.57 bits per heavy atom. The Morgan fingerprint density at radius 3 is 1.71 bits per heavy atom. The summed E-state index contributed by atoms with van der Waals surface area (Å²) in [5.41, 5.74) is 0. The summed E-state index contributed by atoms with van der Waals surface area (Å²) in [4.78, 5) is 0. The van der Waals surface area contributed by atoms with Crippen molar-refractivity contribution < 1.29 is 8.95 Å². The molecule has 42 valence electrons. The summed E-state index contributed by atoms with van der Waals surface area (Å²) in [6.07, 6.45) is 2.56. The standard InChI is InChI=1S/C4H8O.OS/c1-2-4-5-3-1;1-2/h1-4H2;. The first-order valence-electron chi connectivity index (χ1n) is 2.24. The molecule has 3 heteroatoms. The van der Waals surface area contributed by atoms with Crippen LogP contribution in [0.15, 0.2) is 0 Å². The van der Waals surface area contributed by atoms with Gasteiger partial charge in [-0.25, -0.2) is 0 Å². The fraction of sp³-hybridized carbons (Fsp3) is 1.00. The summed E-state index contributed by atoms with van der Waals surface area (Å²) in [7, 11) is 0. The van der Waals surface area contributed by atoms with Gasteiger partial charge in [-0.05, 0) is 12.8 Å². The quantitative estimate of drug-likeness (QED) is 0.464. The van der Waals surface area contributed by atoms with Crippen molar-refractivity contribution in [2.24, 2.45) is 0 Å². The number of rotatable bonds is 0. The highest BCUT2D eigenvalue weighted by atomic mass is 32.1. The summed E-state index contributed by atoms with van der Waals surface area (Å²) in [5, 5.41) is 0. The Morgan fingerprint density at radius 1 is 1.14 bits per heavy atom. The van der Waals surface area contributed by atoms with Gasteiger partial charge < -0.3 is 4.74 Å². The van der Waals surface area contributed by atoms with E-state index in [0.29, 0.717) is 0 Å². The average Bonchev–Trinajstić information content (AvgIpc) is 2.23. The lowest BCUT2D eigenvalue weighted by molar-refractivity contribution is 0.198. The Balaban J connectivity index is 0.000000162. The maximum Gasteiger partial charge on any atom is 0.197 e. The van der Waals surface area contributed by atoms with Gasteiger partial charge in [-0.15, -0.1) is 0 Å². The van der Waals surface area contributed by atoms with E-state index in [4.69, 9.17) is 8.95 Å². The van der Waals surface area contributed by atoms with Gasteiger partial charge in [-0.1, -0.05) is 0 Å². The predicted octanol–water partition coefficient (Wildman–Crippen LogP) is 0.461. The SMILES string of the molecule is C1CCOC1.O=S. The largest absolute Gasteiger partial charge is 0.381 e. The van der Waals surface area contributed by atoms with Gasteiger partial charge in [-0.2, -0.15) is 4.21 Å². The maximum absolute atomic E-state index is 7.83. The van der Waals surface area contributed by atoms with Crippen molar-refractivity contribution in [1.29, 1.82) is 0 Å². The molecular weight excluding hydrogens is 112 g/mol. The van der Waals surface area contributed by atoms with Crippen molar-refractivity contribution >= 4 is 12.5 Å². The summed E-state index contributed by atoms with van der Waals surface area (Å²) < 4.78 is 12.8. The molecule has 1 rings (SSSR count). The highest BCUT2D eigenvalue weighted by Crippen LogP contribution is 1.98. The van der Waals surface area contributed by atoms with Crippen molar-refractivity contribution in [3.8, 4) is 0 Å². The first kappa shape index (κ1) is 6.98. The summed E-state index contributed by atoms with van der Waals surface area (Å²) in [5.74, 6) is 0. The monoisotopic (exact) mass is 120 g/mol. The molecule has 0 aliphatic carbocycles. The van der Waals surface area contributed by atoms with Crippen molar-refractivity contribution in [2.45, 2.75) is 12.8 Å². The zero-order valence-electron chi connectivity index (χ0n) is 4.05. The zero-order valence-corrected chi connectivity index (χ0v) is 4.87. The van der Waals surface area contributed by atoms with Crippen molar-refractivity contribution in [2.75, 3.05) is 13.2 Å². The van der Waals surface area contributed by atoms with E-state index in [1.54, 1.807) is 0 Å².